The second-order valence-electron chi connectivity index (χ2n) is 6.37. The fourth-order valence-corrected chi connectivity index (χ4v) is 3.11. The van der Waals surface area contributed by atoms with E-state index in [-0.39, 0.29) is 17.8 Å². The number of halogens is 1. The van der Waals surface area contributed by atoms with Crippen LogP contribution in [0, 0.1) is 5.82 Å². The van der Waals surface area contributed by atoms with Crippen LogP contribution in [-0.4, -0.2) is 18.5 Å². The summed E-state index contributed by atoms with van der Waals surface area (Å²) in [6.07, 6.45) is 4.20. The van der Waals surface area contributed by atoms with Crippen LogP contribution in [-0.2, 0) is 24.1 Å². The molecule has 0 bridgehead atoms. The second-order valence-corrected chi connectivity index (χ2v) is 6.37. The van der Waals surface area contributed by atoms with Gasteiger partial charge in [-0.3, -0.25) is 4.79 Å². The molecule has 1 unspecified atom stereocenters. The van der Waals surface area contributed by atoms with Crippen molar-refractivity contribution in [2.24, 2.45) is 0 Å². The molecule has 0 heterocycles. The van der Waals surface area contributed by atoms with Crippen molar-refractivity contribution in [3.8, 4) is 0 Å². The van der Waals surface area contributed by atoms with Gasteiger partial charge in [-0.2, -0.15) is 0 Å². The lowest BCUT2D eigenvalue weighted by Gasteiger charge is -2.16. The second kappa shape index (κ2) is 7.47. The van der Waals surface area contributed by atoms with E-state index in [4.69, 9.17) is 0 Å². The highest BCUT2D eigenvalue weighted by Crippen LogP contribution is 2.25. The van der Waals surface area contributed by atoms with Gasteiger partial charge in [0.25, 0.3) is 0 Å². The lowest BCUT2D eigenvalue weighted by Crippen LogP contribution is -2.38. The van der Waals surface area contributed by atoms with E-state index in [2.05, 4.69) is 22.8 Å². The number of benzene rings is 2. The summed E-state index contributed by atoms with van der Waals surface area (Å²) in [6.45, 7) is 2.40. The predicted molar refractivity (Wildman–Crippen MR) is 94.7 cm³/mol. The number of carbonyl (C=O) groups is 1. The fourth-order valence-electron chi connectivity index (χ4n) is 3.11. The van der Waals surface area contributed by atoms with E-state index in [0.717, 1.165) is 24.1 Å². The minimum absolute atomic E-state index is 0.0300. The summed E-state index contributed by atoms with van der Waals surface area (Å²) in [5, 5.41) is 6.19. The van der Waals surface area contributed by atoms with Crippen LogP contribution >= 0.6 is 0 Å². The Morgan fingerprint density at radius 3 is 2.67 bits per heavy atom. The van der Waals surface area contributed by atoms with Crippen LogP contribution in [0.2, 0.25) is 0 Å². The molecule has 0 aromatic heterocycles. The molecule has 2 aromatic carbocycles. The number of fused-ring (bicyclic) bond motifs is 1. The molecule has 1 atom stereocenters. The molecule has 1 aliphatic carbocycles. The van der Waals surface area contributed by atoms with E-state index >= 15 is 0 Å². The molecule has 0 aliphatic heterocycles. The van der Waals surface area contributed by atoms with Gasteiger partial charge in [-0.25, -0.2) is 4.39 Å². The number of nitrogens with one attached hydrogen (secondary N) is 2. The number of amides is 1. The van der Waals surface area contributed by atoms with Crippen LogP contribution in [0.4, 0.5) is 10.1 Å². The van der Waals surface area contributed by atoms with Crippen LogP contribution < -0.4 is 10.6 Å². The standard InChI is InChI=1S/C20H23FN2O/c1-14(23-19-10-7-16-3-2-4-17(16)13-19)20(24)22-12-11-15-5-8-18(21)9-6-15/h5-10,13-14,23H,2-4,11-12H2,1H3,(H,22,24). The highest BCUT2D eigenvalue weighted by atomic mass is 19.1. The van der Waals surface area contributed by atoms with Gasteiger partial charge in [0.15, 0.2) is 0 Å². The first-order valence-corrected chi connectivity index (χ1v) is 8.52. The molecular weight excluding hydrogens is 303 g/mol. The summed E-state index contributed by atoms with van der Waals surface area (Å²) in [6, 6.07) is 12.4. The van der Waals surface area contributed by atoms with Crippen LogP contribution in [0.1, 0.15) is 30.0 Å². The van der Waals surface area contributed by atoms with Crippen molar-refractivity contribution >= 4 is 11.6 Å². The Labute approximate surface area is 142 Å². The molecular formula is C20H23FN2O. The summed E-state index contributed by atoms with van der Waals surface area (Å²) >= 11 is 0. The summed E-state index contributed by atoms with van der Waals surface area (Å²) in [5.41, 5.74) is 4.83. The molecule has 2 aromatic rings. The van der Waals surface area contributed by atoms with Gasteiger partial charge in [0, 0.05) is 12.2 Å². The normalized spacial score (nSPS) is 14.1. The number of carbonyl (C=O) groups excluding carboxylic acids is 1. The van der Waals surface area contributed by atoms with E-state index in [1.165, 1.54) is 29.7 Å². The molecule has 0 spiro atoms. The Morgan fingerprint density at radius 1 is 1.12 bits per heavy atom. The summed E-state index contributed by atoms with van der Waals surface area (Å²) in [5.74, 6) is -0.271. The van der Waals surface area contributed by atoms with Gasteiger partial charge >= 0.3 is 0 Å². The average Bonchev–Trinajstić information content (AvgIpc) is 3.04. The van der Waals surface area contributed by atoms with E-state index in [1.54, 1.807) is 12.1 Å². The molecule has 1 amide bonds. The van der Waals surface area contributed by atoms with Crippen LogP contribution in [0.15, 0.2) is 42.5 Å². The Morgan fingerprint density at radius 2 is 1.88 bits per heavy atom. The quantitative estimate of drug-likeness (QED) is 0.853. The molecule has 1 aliphatic rings. The molecule has 24 heavy (non-hydrogen) atoms. The van der Waals surface area contributed by atoms with Crippen molar-refractivity contribution in [1.29, 1.82) is 0 Å². The first-order valence-electron chi connectivity index (χ1n) is 8.52. The third-order valence-corrected chi connectivity index (χ3v) is 4.50. The van der Waals surface area contributed by atoms with E-state index < -0.39 is 0 Å². The van der Waals surface area contributed by atoms with Gasteiger partial charge in [-0.05, 0) is 73.6 Å². The zero-order valence-electron chi connectivity index (χ0n) is 13.9. The molecule has 3 rings (SSSR count). The molecule has 126 valence electrons. The van der Waals surface area contributed by atoms with Gasteiger partial charge < -0.3 is 10.6 Å². The van der Waals surface area contributed by atoms with Crippen molar-refractivity contribution < 1.29 is 9.18 Å². The SMILES string of the molecule is CC(Nc1ccc2c(c1)CCC2)C(=O)NCCc1ccc(F)cc1. The monoisotopic (exact) mass is 326 g/mol. The zero-order chi connectivity index (χ0) is 16.9. The fraction of sp³-hybridized carbons (Fsp3) is 0.350. The lowest BCUT2D eigenvalue weighted by molar-refractivity contribution is -0.121. The molecule has 2 N–H and O–H groups in total. The summed E-state index contributed by atoms with van der Waals surface area (Å²) in [7, 11) is 0. The van der Waals surface area contributed by atoms with Crippen molar-refractivity contribution in [3.05, 3.63) is 65.0 Å². The Kier molecular flexibility index (Phi) is 5.14. The molecule has 0 fully saturated rings. The lowest BCUT2D eigenvalue weighted by atomic mass is 10.1. The largest absolute Gasteiger partial charge is 0.374 e. The van der Waals surface area contributed by atoms with Crippen molar-refractivity contribution in [2.45, 2.75) is 38.6 Å². The predicted octanol–water partition coefficient (Wildman–Crippen LogP) is 3.47. The Hall–Kier alpha value is -2.36. The van der Waals surface area contributed by atoms with Crippen LogP contribution in [0.25, 0.3) is 0 Å². The molecule has 0 radical (unpaired) electrons. The highest BCUT2D eigenvalue weighted by molar-refractivity contribution is 5.84. The third-order valence-electron chi connectivity index (χ3n) is 4.50. The van der Waals surface area contributed by atoms with Gasteiger partial charge in [-0.1, -0.05) is 18.2 Å². The third kappa shape index (κ3) is 4.13. The summed E-state index contributed by atoms with van der Waals surface area (Å²) < 4.78 is 12.9. The topological polar surface area (TPSA) is 41.1 Å². The average molecular weight is 326 g/mol. The number of anilines is 1. The number of rotatable bonds is 6. The Balaban J connectivity index is 1.47. The number of hydrogen-bond donors (Lipinski definition) is 2. The maximum absolute atomic E-state index is 12.9. The first-order chi connectivity index (χ1) is 11.6. The minimum Gasteiger partial charge on any atom is -0.374 e. The van der Waals surface area contributed by atoms with E-state index in [0.29, 0.717) is 13.0 Å². The maximum atomic E-state index is 12.9. The molecule has 0 saturated carbocycles. The molecule has 3 nitrogen and oxygen atoms in total. The highest BCUT2D eigenvalue weighted by Gasteiger charge is 2.14. The first kappa shape index (κ1) is 16.5. The van der Waals surface area contributed by atoms with Gasteiger partial charge in [-0.15, -0.1) is 0 Å². The van der Waals surface area contributed by atoms with Crippen LogP contribution in [0.5, 0.6) is 0 Å². The molecule has 4 heteroatoms. The Bertz CT molecular complexity index is 712. The van der Waals surface area contributed by atoms with Gasteiger partial charge in [0.1, 0.15) is 11.9 Å². The van der Waals surface area contributed by atoms with E-state index in [1.807, 2.05) is 13.0 Å². The van der Waals surface area contributed by atoms with Crippen molar-refractivity contribution in [2.75, 3.05) is 11.9 Å². The summed E-state index contributed by atoms with van der Waals surface area (Å²) in [4.78, 5) is 12.2. The van der Waals surface area contributed by atoms with Crippen molar-refractivity contribution in [3.63, 3.8) is 0 Å². The van der Waals surface area contributed by atoms with Crippen LogP contribution in [0.3, 0.4) is 0 Å². The van der Waals surface area contributed by atoms with Gasteiger partial charge in [0.2, 0.25) is 5.91 Å². The number of hydrogen-bond acceptors (Lipinski definition) is 2. The van der Waals surface area contributed by atoms with Crippen molar-refractivity contribution in [1.82, 2.24) is 5.32 Å². The number of aryl methyl sites for hydroxylation is 2. The molecule has 0 saturated heterocycles. The van der Waals surface area contributed by atoms with E-state index in [9.17, 15) is 9.18 Å². The van der Waals surface area contributed by atoms with Gasteiger partial charge in [0.05, 0.1) is 0 Å². The maximum Gasteiger partial charge on any atom is 0.242 e. The smallest absolute Gasteiger partial charge is 0.242 e. The minimum atomic E-state index is -0.294. The zero-order valence-corrected chi connectivity index (χ0v) is 13.9.